The second-order valence-corrected chi connectivity index (χ2v) is 7.11. The number of hydrogen-bond donors (Lipinski definition) is 1. The van der Waals surface area contributed by atoms with Gasteiger partial charge in [-0.05, 0) is 48.3 Å². The van der Waals surface area contributed by atoms with E-state index >= 15 is 0 Å². The summed E-state index contributed by atoms with van der Waals surface area (Å²) in [6.07, 6.45) is 1.78. The molecule has 7 heteroatoms. The van der Waals surface area contributed by atoms with Crippen molar-refractivity contribution in [1.82, 2.24) is 19.5 Å². The van der Waals surface area contributed by atoms with Gasteiger partial charge < -0.3 is 9.64 Å². The lowest BCUT2D eigenvalue weighted by Crippen LogP contribution is -2.26. The van der Waals surface area contributed by atoms with Gasteiger partial charge >= 0.3 is 0 Å². The monoisotopic (exact) mass is 392 g/mol. The van der Waals surface area contributed by atoms with E-state index in [0.717, 1.165) is 27.7 Å². The maximum Gasteiger partial charge on any atom is 0.254 e. The number of rotatable bonds is 6. The molecule has 2 aromatic heterocycles. The van der Waals surface area contributed by atoms with Crippen LogP contribution in [-0.4, -0.2) is 39.0 Å². The second-order valence-electron chi connectivity index (χ2n) is 6.44. The molecule has 1 amide bonds. The summed E-state index contributed by atoms with van der Waals surface area (Å²) in [6.45, 7) is 2.93. The minimum atomic E-state index is -0.0673. The molecule has 0 spiro atoms. The zero-order valence-electron chi connectivity index (χ0n) is 15.7. The predicted molar refractivity (Wildman–Crippen MR) is 111 cm³/mol. The third kappa shape index (κ3) is 3.48. The van der Waals surface area contributed by atoms with Gasteiger partial charge in [0.15, 0.2) is 0 Å². The smallest absolute Gasteiger partial charge is 0.254 e. The van der Waals surface area contributed by atoms with Crippen molar-refractivity contribution in [3.8, 4) is 17.0 Å². The second kappa shape index (κ2) is 7.82. The van der Waals surface area contributed by atoms with E-state index in [1.54, 1.807) is 24.2 Å². The summed E-state index contributed by atoms with van der Waals surface area (Å²) in [4.78, 5) is 14.7. The molecule has 0 aliphatic carbocycles. The standard InChI is InChI=1S/C21H20N4O2S/c1-3-27-19-11-14(7-8-17(19)18-9-10-28-24-18)21(26)25(2)13-16-6-4-5-15-12-22-23-20(15)16/h4-12H,3,13H2,1-2H3,(H,22,23). The minimum absolute atomic E-state index is 0.0673. The fourth-order valence-electron chi connectivity index (χ4n) is 3.20. The van der Waals surface area contributed by atoms with E-state index in [-0.39, 0.29) is 5.91 Å². The van der Waals surface area contributed by atoms with Crippen LogP contribution in [0.1, 0.15) is 22.8 Å². The first kappa shape index (κ1) is 18.2. The first-order chi connectivity index (χ1) is 13.7. The number of hydrogen-bond acceptors (Lipinski definition) is 5. The van der Waals surface area contributed by atoms with Gasteiger partial charge in [-0.25, -0.2) is 0 Å². The van der Waals surface area contributed by atoms with E-state index in [1.807, 2.05) is 48.7 Å². The maximum absolute atomic E-state index is 13.0. The summed E-state index contributed by atoms with van der Waals surface area (Å²) in [5.41, 5.74) is 4.31. The number of carbonyl (C=O) groups is 1. The minimum Gasteiger partial charge on any atom is -0.493 e. The van der Waals surface area contributed by atoms with Crippen molar-refractivity contribution in [2.45, 2.75) is 13.5 Å². The van der Waals surface area contributed by atoms with Crippen molar-refractivity contribution in [2.75, 3.05) is 13.7 Å². The molecule has 2 heterocycles. The molecule has 4 aromatic rings. The Balaban J connectivity index is 1.60. The highest BCUT2D eigenvalue weighted by atomic mass is 32.1. The molecule has 0 saturated heterocycles. The SMILES string of the molecule is CCOc1cc(C(=O)N(C)Cc2cccc3cn[nH]c23)ccc1-c1ccsn1. The van der Waals surface area contributed by atoms with Crippen molar-refractivity contribution >= 4 is 28.3 Å². The lowest BCUT2D eigenvalue weighted by atomic mass is 10.1. The van der Waals surface area contributed by atoms with E-state index in [0.29, 0.717) is 24.5 Å². The van der Waals surface area contributed by atoms with Crippen LogP contribution in [0, 0.1) is 0 Å². The molecule has 0 aliphatic heterocycles. The van der Waals surface area contributed by atoms with Crippen molar-refractivity contribution in [1.29, 1.82) is 0 Å². The van der Waals surface area contributed by atoms with E-state index in [4.69, 9.17) is 4.74 Å². The van der Waals surface area contributed by atoms with Gasteiger partial charge in [0.1, 0.15) is 5.75 Å². The molecule has 0 atom stereocenters. The molecule has 142 valence electrons. The van der Waals surface area contributed by atoms with Crippen molar-refractivity contribution < 1.29 is 9.53 Å². The Labute approximate surface area is 166 Å². The quantitative estimate of drug-likeness (QED) is 0.529. The Morgan fingerprint density at radius 2 is 2.14 bits per heavy atom. The molecular formula is C21H20N4O2S. The van der Waals surface area contributed by atoms with Crippen LogP contribution in [0.25, 0.3) is 22.2 Å². The summed E-state index contributed by atoms with van der Waals surface area (Å²) in [7, 11) is 1.80. The van der Waals surface area contributed by atoms with Crippen molar-refractivity contribution in [3.63, 3.8) is 0 Å². The number of H-pyrrole nitrogens is 1. The van der Waals surface area contributed by atoms with Gasteiger partial charge in [0.05, 0.1) is 24.0 Å². The summed E-state index contributed by atoms with van der Waals surface area (Å²) < 4.78 is 10.2. The van der Waals surface area contributed by atoms with Gasteiger partial charge in [0.25, 0.3) is 5.91 Å². The number of carbonyl (C=O) groups excluding carboxylic acids is 1. The molecule has 0 unspecified atom stereocenters. The predicted octanol–water partition coefficient (Wildman–Crippen LogP) is 4.36. The number of ether oxygens (including phenoxy) is 1. The van der Waals surface area contributed by atoms with Crippen LogP contribution in [0.4, 0.5) is 0 Å². The summed E-state index contributed by atoms with van der Waals surface area (Å²) >= 11 is 1.39. The number of fused-ring (bicyclic) bond motifs is 1. The van der Waals surface area contributed by atoms with Gasteiger partial charge in [-0.15, -0.1) is 0 Å². The van der Waals surface area contributed by atoms with E-state index in [9.17, 15) is 4.79 Å². The molecule has 1 N–H and O–H groups in total. The summed E-state index contributed by atoms with van der Waals surface area (Å²) in [6, 6.07) is 13.4. The van der Waals surface area contributed by atoms with Crippen LogP contribution in [0.2, 0.25) is 0 Å². The fraction of sp³-hybridized carbons (Fsp3) is 0.190. The average Bonchev–Trinajstić information content (AvgIpc) is 3.40. The highest BCUT2D eigenvalue weighted by molar-refractivity contribution is 7.03. The summed E-state index contributed by atoms with van der Waals surface area (Å²) in [5, 5.41) is 10.1. The average molecular weight is 392 g/mol. The number of nitrogens with one attached hydrogen (secondary N) is 1. The summed E-state index contributed by atoms with van der Waals surface area (Å²) in [5.74, 6) is 0.602. The molecule has 2 aromatic carbocycles. The molecule has 0 fully saturated rings. The molecule has 0 bridgehead atoms. The molecule has 28 heavy (non-hydrogen) atoms. The molecule has 0 aliphatic rings. The van der Waals surface area contributed by atoms with Crippen LogP contribution in [0.15, 0.2) is 54.0 Å². The lowest BCUT2D eigenvalue weighted by molar-refractivity contribution is 0.0785. The highest BCUT2D eigenvalue weighted by Gasteiger charge is 2.17. The van der Waals surface area contributed by atoms with Gasteiger partial charge in [-0.1, -0.05) is 18.2 Å². The normalized spacial score (nSPS) is 10.9. The first-order valence-electron chi connectivity index (χ1n) is 9.01. The zero-order chi connectivity index (χ0) is 19.5. The van der Waals surface area contributed by atoms with Crippen LogP contribution in [0.3, 0.4) is 0 Å². The van der Waals surface area contributed by atoms with Crippen LogP contribution in [0.5, 0.6) is 5.75 Å². The third-order valence-electron chi connectivity index (χ3n) is 4.56. The topological polar surface area (TPSA) is 71.1 Å². The van der Waals surface area contributed by atoms with Crippen LogP contribution >= 0.6 is 11.5 Å². The Kier molecular flexibility index (Phi) is 5.08. The number of para-hydroxylation sites is 1. The Morgan fingerprint density at radius 3 is 2.93 bits per heavy atom. The number of aromatic nitrogens is 3. The molecule has 4 rings (SSSR count). The van der Waals surface area contributed by atoms with Gasteiger partial charge in [-0.2, -0.15) is 9.47 Å². The number of aromatic amines is 1. The third-order valence-corrected chi connectivity index (χ3v) is 5.12. The number of amides is 1. The van der Waals surface area contributed by atoms with Gasteiger partial charge in [0, 0.05) is 35.5 Å². The fourth-order valence-corrected chi connectivity index (χ4v) is 3.73. The van der Waals surface area contributed by atoms with E-state index in [2.05, 4.69) is 14.6 Å². The Bertz CT molecular complexity index is 1100. The molecule has 6 nitrogen and oxygen atoms in total. The highest BCUT2D eigenvalue weighted by Crippen LogP contribution is 2.31. The van der Waals surface area contributed by atoms with E-state index in [1.165, 1.54) is 11.5 Å². The van der Waals surface area contributed by atoms with Gasteiger partial charge in [-0.3, -0.25) is 9.89 Å². The Morgan fingerprint density at radius 1 is 1.25 bits per heavy atom. The lowest BCUT2D eigenvalue weighted by Gasteiger charge is -2.19. The number of benzene rings is 2. The van der Waals surface area contributed by atoms with Crippen molar-refractivity contribution in [2.24, 2.45) is 0 Å². The van der Waals surface area contributed by atoms with Crippen LogP contribution < -0.4 is 4.74 Å². The maximum atomic E-state index is 13.0. The first-order valence-corrected chi connectivity index (χ1v) is 9.85. The largest absolute Gasteiger partial charge is 0.493 e. The molecule has 0 saturated carbocycles. The van der Waals surface area contributed by atoms with E-state index < -0.39 is 0 Å². The molecule has 0 radical (unpaired) electrons. The van der Waals surface area contributed by atoms with Crippen LogP contribution in [-0.2, 0) is 6.54 Å². The molecular weight excluding hydrogens is 372 g/mol. The zero-order valence-corrected chi connectivity index (χ0v) is 16.5. The number of nitrogens with zero attached hydrogens (tertiary/aromatic N) is 3. The van der Waals surface area contributed by atoms with Gasteiger partial charge in [0.2, 0.25) is 0 Å². The Hall–Kier alpha value is -3.19. The van der Waals surface area contributed by atoms with Crippen molar-refractivity contribution in [3.05, 3.63) is 65.2 Å².